The first-order valence-corrected chi connectivity index (χ1v) is 9.10. The fourth-order valence-electron chi connectivity index (χ4n) is 2.44. The van der Waals surface area contributed by atoms with Gasteiger partial charge in [-0.05, 0) is 48.8 Å². The second kappa shape index (κ2) is 5.82. The van der Waals surface area contributed by atoms with Crippen LogP contribution < -0.4 is 0 Å². The van der Waals surface area contributed by atoms with Crippen molar-refractivity contribution in [3.05, 3.63) is 43.2 Å². The molecule has 0 amide bonds. The van der Waals surface area contributed by atoms with Gasteiger partial charge in [0.15, 0.2) is 0 Å². The maximum atomic E-state index is 6.31. The molecule has 0 saturated carbocycles. The fourth-order valence-corrected chi connectivity index (χ4v) is 4.90. The Morgan fingerprint density at radius 3 is 2.15 bits per heavy atom. The predicted octanol–water partition coefficient (Wildman–Crippen LogP) is 6.81. The van der Waals surface area contributed by atoms with Crippen molar-refractivity contribution in [1.82, 2.24) is 0 Å². The molecule has 2 rings (SSSR count). The van der Waals surface area contributed by atoms with Crippen LogP contribution in [0.1, 0.15) is 55.2 Å². The Balaban J connectivity index is 2.09. The summed E-state index contributed by atoms with van der Waals surface area (Å²) in [7, 11) is 0. The van der Waals surface area contributed by atoms with Gasteiger partial charge in [0.05, 0.1) is 5.02 Å². The third kappa shape index (κ3) is 3.47. The maximum absolute atomic E-state index is 6.31. The fraction of sp³-hybridized carbons (Fsp3) is 0.529. The molecule has 0 saturated heterocycles. The lowest BCUT2D eigenvalue weighted by atomic mass is 9.77. The van der Waals surface area contributed by atoms with Gasteiger partial charge in [0.25, 0.3) is 0 Å². The summed E-state index contributed by atoms with van der Waals surface area (Å²) in [5, 5.41) is 3.01. The third-order valence-electron chi connectivity index (χ3n) is 4.01. The minimum atomic E-state index is 0.148. The molecular weight excluding hydrogens is 304 g/mol. The van der Waals surface area contributed by atoms with Crippen molar-refractivity contribution in [2.24, 2.45) is 0 Å². The molecular formula is C17H23ClS2. The number of aryl methyl sites for hydroxylation is 1. The van der Waals surface area contributed by atoms with Crippen molar-refractivity contribution in [3.8, 4) is 0 Å². The molecule has 2 aromatic heterocycles. The minimum Gasteiger partial charge on any atom is -0.147 e. The number of rotatable bonds is 5. The summed E-state index contributed by atoms with van der Waals surface area (Å²) in [5.41, 5.74) is 0.384. The Hall–Kier alpha value is -0.310. The predicted molar refractivity (Wildman–Crippen MR) is 93.7 cm³/mol. The van der Waals surface area contributed by atoms with E-state index in [0.29, 0.717) is 0 Å². The van der Waals surface area contributed by atoms with Gasteiger partial charge in [-0.15, -0.1) is 22.7 Å². The van der Waals surface area contributed by atoms with Crippen molar-refractivity contribution >= 4 is 34.3 Å². The van der Waals surface area contributed by atoms with Gasteiger partial charge >= 0.3 is 0 Å². The average molecular weight is 327 g/mol. The van der Waals surface area contributed by atoms with Crippen molar-refractivity contribution < 1.29 is 0 Å². The zero-order chi connectivity index (χ0) is 15.0. The highest BCUT2D eigenvalue weighted by atomic mass is 35.5. The van der Waals surface area contributed by atoms with Crippen LogP contribution in [0, 0.1) is 6.92 Å². The van der Waals surface area contributed by atoms with Crippen LogP contribution in [-0.4, -0.2) is 0 Å². The molecule has 110 valence electrons. The van der Waals surface area contributed by atoms with Crippen LogP contribution in [0.3, 0.4) is 0 Å². The smallest absolute Gasteiger partial charge is 0.0550 e. The van der Waals surface area contributed by atoms with E-state index in [0.717, 1.165) is 11.4 Å². The summed E-state index contributed by atoms with van der Waals surface area (Å²) in [6, 6.07) is 6.52. The SMILES string of the molecule is Cc1ccc(C(C)(C)CCC(C)(C)c2sccc2Cl)s1. The van der Waals surface area contributed by atoms with Gasteiger partial charge in [-0.1, -0.05) is 39.3 Å². The Kier molecular flexibility index (Phi) is 4.68. The monoisotopic (exact) mass is 326 g/mol. The molecule has 20 heavy (non-hydrogen) atoms. The number of hydrogen-bond donors (Lipinski definition) is 0. The van der Waals surface area contributed by atoms with E-state index < -0.39 is 0 Å². The molecule has 0 aromatic carbocycles. The number of hydrogen-bond acceptors (Lipinski definition) is 2. The minimum absolute atomic E-state index is 0.148. The van der Waals surface area contributed by atoms with E-state index in [1.54, 1.807) is 11.3 Å². The molecule has 0 N–H and O–H groups in total. The topological polar surface area (TPSA) is 0 Å². The normalized spacial score (nSPS) is 12.9. The van der Waals surface area contributed by atoms with Crippen molar-refractivity contribution in [3.63, 3.8) is 0 Å². The Bertz CT molecular complexity index is 575. The highest BCUT2D eigenvalue weighted by Crippen LogP contribution is 2.41. The van der Waals surface area contributed by atoms with E-state index in [1.165, 1.54) is 21.1 Å². The third-order valence-corrected chi connectivity index (χ3v) is 7.09. The summed E-state index contributed by atoms with van der Waals surface area (Å²) in [6.45, 7) is 11.5. The molecule has 3 heteroatoms. The standard InChI is InChI=1S/C17H23ClS2/c1-12-6-7-14(20-12)16(2,3)9-10-17(4,5)15-13(18)8-11-19-15/h6-8,11H,9-10H2,1-5H3. The van der Waals surface area contributed by atoms with E-state index in [-0.39, 0.29) is 10.8 Å². The van der Waals surface area contributed by atoms with Gasteiger partial charge in [-0.25, -0.2) is 0 Å². The lowest BCUT2D eigenvalue weighted by molar-refractivity contribution is 0.383. The maximum Gasteiger partial charge on any atom is 0.0550 e. The van der Waals surface area contributed by atoms with E-state index >= 15 is 0 Å². The van der Waals surface area contributed by atoms with Crippen LogP contribution in [-0.2, 0) is 10.8 Å². The first-order chi connectivity index (χ1) is 9.22. The molecule has 0 aliphatic carbocycles. The average Bonchev–Trinajstić information content (AvgIpc) is 2.96. The van der Waals surface area contributed by atoms with Crippen LogP contribution in [0.5, 0.6) is 0 Å². The molecule has 0 aliphatic heterocycles. The molecule has 0 spiro atoms. The highest BCUT2D eigenvalue weighted by Gasteiger charge is 2.29. The highest BCUT2D eigenvalue weighted by molar-refractivity contribution is 7.12. The van der Waals surface area contributed by atoms with Crippen molar-refractivity contribution in [2.75, 3.05) is 0 Å². The zero-order valence-electron chi connectivity index (χ0n) is 12.9. The largest absolute Gasteiger partial charge is 0.147 e. The van der Waals surface area contributed by atoms with Gasteiger partial charge in [-0.3, -0.25) is 0 Å². The summed E-state index contributed by atoms with van der Waals surface area (Å²) in [5.74, 6) is 0. The second-order valence-electron chi connectivity index (χ2n) is 6.78. The lowest BCUT2D eigenvalue weighted by Gasteiger charge is -2.30. The number of halogens is 1. The van der Waals surface area contributed by atoms with E-state index in [9.17, 15) is 0 Å². The first-order valence-electron chi connectivity index (χ1n) is 7.03. The van der Waals surface area contributed by atoms with E-state index in [1.807, 2.05) is 17.4 Å². The molecule has 0 fully saturated rings. The van der Waals surface area contributed by atoms with Crippen LogP contribution in [0.4, 0.5) is 0 Å². The Labute approximate surface area is 135 Å². The van der Waals surface area contributed by atoms with Crippen molar-refractivity contribution in [1.29, 1.82) is 0 Å². The molecule has 2 aromatic rings. The molecule has 0 atom stereocenters. The Morgan fingerprint density at radius 1 is 1.00 bits per heavy atom. The summed E-state index contributed by atoms with van der Waals surface area (Å²) in [4.78, 5) is 4.20. The van der Waals surface area contributed by atoms with Gasteiger partial charge in [-0.2, -0.15) is 0 Å². The van der Waals surface area contributed by atoms with Gasteiger partial charge in [0, 0.05) is 20.0 Å². The second-order valence-corrected chi connectivity index (χ2v) is 9.39. The van der Waals surface area contributed by atoms with Crippen LogP contribution >= 0.6 is 34.3 Å². The van der Waals surface area contributed by atoms with E-state index in [2.05, 4.69) is 52.1 Å². The lowest BCUT2D eigenvalue weighted by Crippen LogP contribution is -2.23. The van der Waals surface area contributed by atoms with Crippen molar-refractivity contribution in [2.45, 2.75) is 58.3 Å². The molecule has 0 bridgehead atoms. The molecule has 0 aliphatic rings. The van der Waals surface area contributed by atoms with E-state index in [4.69, 9.17) is 11.6 Å². The first kappa shape index (κ1) is 16.1. The number of thiophene rings is 2. The van der Waals surface area contributed by atoms with Gasteiger partial charge in [0.1, 0.15) is 0 Å². The summed E-state index contributed by atoms with van der Waals surface area (Å²) < 4.78 is 0. The zero-order valence-corrected chi connectivity index (χ0v) is 15.3. The van der Waals surface area contributed by atoms with Crippen LogP contribution in [0.2, 0.25) is 5.02 Å². The van der Waals surface area contributed by atoms with Crippen LogP contribution in [0.15, 0.2) is 23.6 Å². The molecule has 0 nitrogen and oxygen atoms in total. The Morgan fingerprint density at radius 2 is 1.65 bits per heavy atom. The quantitative estimate of drug-likeness (QED) is 0.566. The van der Waals surface area contributed by atoms with Gasteiger partial charge < -0.3 is 0 Å². The molecule has 2 heterocycles. The summed E-state index contributed by atoms with van der Waals surface area (Å²) >= 11 is 10.0. The van der Waals surface area contributed by atoms with Gasteiger partial charge in [0.2, 0.25) is 0 Å². The van der Waals surface area contributed by atoms with Crippen LogP contribution in [0.25, 0.3) is 0 Å². The summed E-state index contributed by atoms with van der Waals surface area (Å²) in [6.07, 6.45) is 2.32. The molecule has 0 unspecified atom stereocenters. The molecule has 0 radical (unpaired) electrons.